The summed E-state index contributed by atoms with van der Waals surface area (Å²) in [6.45, 7) is 11.6. The van der Waals surface area contributed by atoms with Gasteiger partial charge in [-0.1, -0.05) is 58.0 Å². The van der Waals surface area contributed by atoms with Crippen molar-refractivity contribution in [1.29, 1.82) is 0 Å². The van der Waals surface area contributed by atoms with E-state index in [1.54, 1.807) is 0 Å². The minimum atomic E-state index is 0.295. The maximum Gasteiger partial charge on any atom is 0.0741 e. The lowest BCUT2D eigenvalue weighted by Gasteiger charge is -2.21. The number of rotatable bonds is 4. The minimum Gasteiger partial charge on any atom is -0.248 e. The predicted octanol–water partition coefficient (Wildman–Crippen LogP) is 7.02. The third-order valence-electron chi connectivity index (χ3n) is 6.67. The van der Waals surface area contributed by atoms with E-state index in [2.05, 4.69) is 83.1 Å². The number of nitrogens with zero attached hydrogens (tertiary/aromatic N) is 1. The molecule has 2 aromatic carbocycles. The van der Waals surface area contributed by atoms with Crippen LogP contribution in [-0.2, 0) is 5.41 Å². The van der Waals surface area contributed by atoms with Gasteiger partial charge in [-0.25, -0.2) is 4.98 Å². The van der Waals surface area contributed by atoms with Gasteiger partial charge in [0.1, 0.15) is 0 Å². The van der Waals surface area contributed by atoms with E-state index < -0.39 is 0 Å². The summed E-state index contributed by atoms with van der Waals surface area (Å²) in [6.07, 6.45) is 2.44. The molecule has 0 bridgehead atoms. The van der Waals surface area contributed by atoms with Gasteiger partial charge in [-0.3, -0.25) is 0 Å². The van der Waals surface area contributed by atoms with E-state index in [1.807, 2.05) is 0 Å². The highest BCUT2D eigenvalue weighted by molar-refractivity contribution is 5.84. The second-order valence-corrected chi connectivity index (χ2v) is 8.48. The van der Waals surface area contributed by atoms with E-state index in [9.17, 15) is 0 Å². The van der Waals surface area contributed by atoms with E-state index in [1.165, 1.54) is 34.1 Å². The molecule has 0 aliphatic heterocycles. The molecule has 0 radical (unpaired) electrons. The van der Waals surface area contributed by atoms with Crippen LogP contribution in [0.15, 0.2) is 48.5 Å². The molecule has 1 saturated carbocycles. The van der Waals surface area contributed by atoms with Crippen LogP contribution in [0.4, 0.5) is 0 Å². The molecule has 26 heavy (non-hydrogen) atoms. The Hall–Kier alpha value is -2.15. The third kappa shape index (κ3) is 2.74. The normalized spacial score (nSPS) is 23.2. The van der Waals surface area contributed by atoms with Crippen molar-refractivity contribution in [2.45, 2.75) is 58.8 Å². The number of fused-ring (bicyclic) bond motifs is 1. The van der Waals surface area contributed by atoms with Crippen LogP contribution in [0.5, 0.6) is 0 Å². The Morgan fingerprint density at radius 3 is 2.58 bits per heavy atom. The fourth-order valence-electron chi connectivity index (χ4n) is 4.24. The summed E-state index contributed by atoms with van der Waals surface area (Å²) >= 11 is 0. The van der Waals surface area contributed by atoms with Crippen molar-refractivity contribution >= 4 is 10.9 Å². The van der Waals surface area contributed by atoms with Crippen LogP contribution >= 0.6 is 0 Å². The van der Waals surface area contributed by atoms with E-state index in [-0.39, 0.29) is 0 Å². The third-order valence-corrected chi connectivity index (χ3v) is 6.67. The first-order valence-corrected chi connectivity index (χ1v) is 9.95. The van der Waals surface area contributed by atoms with Gasteiger partial charge in [0.2, 0.25) is 0 Å². The lowest BCUT2D eigenvalue weighted by molar-refractivity contribution is 0.698. The van der Waals surface area contributed by atoms with E-state index in [4.69, 9.17) is 4.98 Å². The molecule has 3 unspecified atom stereocenters. The number of aryl methyl sites for hydroxylation is 1. The molecule has 3 aromatic rings. The lowest BCUT2D eigenvalue weighted by Crippen LogP contribution is -2.08. The molecule has 0 saturated heterocycles. The Morgan fingerprint density at radius 1 is 1.15 bits per heavy atom. The first-order valence-electron chi connectivity index (χ1n) is 9.95. The SMILES string of the molecule is CCC(C)c1ccc(C2(C)CC2C)c(-c2nc3ccccc3cc2C)c1. The minimum absolute atomic E-state index is 0.295. The van der Waals surface area contributed by atoms with Gasteiger partial charge in [0, 0.05) is 10.9 Å². The summed E-state index contributed by atoms with van der Waals surface area (Å²) in [6, 6.07) is 17.9. The molecule has 0 spiro atoms. The molecular formula is C25H29N. The van der Waals surface area contributed by atoms with Crippen molar-refractivity contribution < 1.29 is 0 Å². The number of benzene rings is 2. The Labute approximate surface area is 157 Å². The Balaban J connectivity index is 1.95. The molecule has 1 heteroatoms. The largest absolute Gasteiger partial charge is 0.248 e. The Kier molecular flexibility index (Phi) is 4.14. The fraction of sp³-hybridized carbons (Fsp3) is 0.400. The molecule has 4 rings (SSSR count). The van der Waals surface area contributed by atoms with Crippen LogP contribution < -0.4 is 0 Å². The molecular weight excluding hydrogens is 314 g/mol. The first kappa shape index (κ1) is 17.3. The summed E-state index contributed by atoms with van der Waals surface area (Å²) in [7, 11) is 0. The Morgan fingerprint density at radius 2 is 1.88 bits per heavy atom. The average molecular weight is 344 g/mol. The van der Waals surface area contributed by atoms with Gasteiger partial charge in [-0.2, -0.15) is 0 Å². The number of hydrogen-bond acceptors (Lipinski definition) is 1. The van der Waals surface area contributed by atoms with Gasteiger partial charge < -0.3 is 0 Å². The average Bonchev–Trinajstić information content (AvgIpc) is 3.27. The zero-order valence-corrected chi connectivity index (χ0v) is 16.6. The van der Waals surface area contributed by atoms with Crippen LogP contribution in [0.2, 0.25) is 0 Å². The van der Waals surface area contributed by atoms with Crippen molar-refractivity contribution in [3.05, 3.63) is 65.2 Å². The smallest absolute Gasteiger partial charge is 0.0741 e. The molecule has 3 atom stereocenters. The van der Waals surface area contributed by atoms with E-state index in [0.29, 0.717) is 11.3 Å². The summed E-state index contributed by atoms with van der Waals surface area (Å²) in [5.74, 6) is 1.32. The molecule has 1 heterocycles. The molecule has 1 nitrogen and oxygen atoms in total. The van der Waals surface area contributed by atoms with Gasteiger partial charge in [-0.15, -0.1) is 0 Å². The summed E-state index contributed by atoms with van der Waals surface area (Å²) in [5.41, 5.74) is 8.05. The van der Waals surface area contributed by atoms with E-state index >= 15 is 0 Å². The zero-order chi connectivity index (χ0) is 18.5. The molecule has 1 aromatic heterocycles. The van der Waals surface area contributed by atoms with Crippen molar-refractivity contribution in [2.75, 3.05) is 0 Å². The predicted molar refractivity (Wildman–Crippen MR) is 112 cm³/mol. The molecule has 1 aliphatic rings. The monoisotopic (exact) mass is 343 g/mol. The van der Waals surface area contributed by atoms with Crippen LogP contribution in [0.3, 0.4) is 0 Å². The summed E-state index contributed by atoms with van der Waals surface area (Å²) in [4.78, 5) is 5.10. The molecule has 1 fully saturated rings. The molecule has 0 amide bonds. The van der Waals surface area contributed by atoms with Gasteiger partial charge in [0.25, 0.3) is 0 Å². The maximum atomic E-state index is 5.10. The van der Waals surface area contributed by atoms with Crippen molar-refractivity contribution in [3.8, 4) is 11.3 Å². The highest BCUT2D eigenvalue weighted by atomic mass is 14.7. The summed E-state index contributed by atoms with van der Waals surface area (Å²) < 4.78 is 0. The summed E-state index contributed by atoms with van der Waals surface area (Å²) in [5, 5.41) is 1.22. The van der Waals surface area contributed by atoms with Crippen molar-refractivity contribution in [1.82, 2.24) is 4.98 Å². The lowest BCUT2D eigenvalue weighted by atomic mass is 9.85. The van der Waals surface area contributed by atoms with Gasteiger partial charge in [0.15, 0.2) is 0 Å². The quantitative estimate of drug-likeness (QED) is 0.496. The van der Waals surface area contributed by atoms with Crippen LogP contribution in [-0.4, -0.2) is 4.98 Å². The molecule has 1 aliphatic carbocycles. The Bertz CT molecular complexity index is 971. The highest BCUT2D eigenvalue weighted by Crippen LogP contribution is 2.56. The second-order valence-electron chi connectivity index (χ2n) is 8.48. The number of hydrogen-bond donors (Lipinski definition) is 0. The fourth-order valence-corrected chi connectivity index (χ4v) is 4.24. The van der Waals surface area contributed by atoms with Crippen LogP contribution in [0.25, 0.3) is 22.2 Å². The van der Waals surface area contributed by atoms with Crippen LogP contribution in [0, 0.1) is 12.8 Å². The second kappa shape index (κ2) is 6.23. The van der Waals surface area contributed by atoms with Gasteiger partial charge in [0.05, 0.1) is 11.2 Å². The van der Waals surface area contributed by atoms with Crippen molar-refractivity contribution in [3.63, 3.8) is 0 Å². The van der Waals surface area contributed by atoms with Gasteiger partial charge >= 0.3 is 0 Å². The number of aromatic nitrogens is 1. The topological polar surface area (TPSA) is 12.9 Å². The number of pyridine rings is 1. The van der Waals surface area contributed by atoms with E-state index in [0.717, 1.165) is 23.5 Å². The zero-order valence-electron chi connectivity index (χ0n) is 16.6. The van der Waals surface area contributed by atoms with Crippen LogP contribution in [0.1, 0.15) is 63.1 Å². The molecule has 134 valence electrons. The number of para-hydroxylation sites is 1. The van der Waals surface area contributed by atoms with Crippen molar-refractivity contribution in [2.24, 2.45) is 5.92 Å². The first-order chi connectivity index (χ1) is 12.4. The van der Waals surface area contributed by atoms with Gasteiger partial charge in [-0.05, 0) is 71.9 Å². The maximum absolute atomic E-state index is 5.10. The molecule has 0 N–H and O–H groups in total. The highest BCUT2D eigenvalue weighted by Gasteiger charge is 2.49. The standard InChI is InChI=1S/C25H29N/c1-6-16(2)19-11-12-22(25(5)15-18(25)4)21(14-19)24-17(3)13-20-9-7-8-10-23(20)26-24/h7-14,16,18H,6,15H2,1-5H3.